The van der Waals surface area contributed by atoms with E-state index in [9.17, 15) is 0 Å². The molecule has 0 saturated carbocycles. The average Bonchev–Trinajstić information content (AvgIpc) is 2.09. The standard InChI is InChI=1S/C10H20N2/c1-3-5-11-7-9-12(6-4-2)10-8-11/h3-4H,5-10H2,1-2H3. The second-order valence-electron chi connectivity index (χ2n) is 3.42. The SMILES string of the molecule is C[CH]CN1CCN(C[CH]C)CC1. The van der Waals surface area contributed by atoms with Crippen LogP contribution in [0.25, 0.3) is 0 Å². The molecule has 2 heteroatoms. The molecule has 1 aliphatic heterocycles. The minimum atomic E-state index is 1.16. The largest absolute Gasteiger partial charge is 0.301 e. The summed E-state index contributed by atoms with van der Waals surface area (Å²) in [6, 6.07) is 0. The number of hydrogen-bond acceptors (Lipinski definition) is 2. The first kappa shape index (κ1) is 10.0. The van der Waals surface area contributed by atoms with E-state index in [2.05, 4.69) is 36.5 Å². The van der Waals surface area contributed by atoms with Crippen molar-refractivity contribution in [1.29, 1.82) is 0 Å². The Bertz CT molecular complexity index is 92.4. The summed E-state index contributed by atoms with van der Waals surface area (Å²) in [5.74, 6) is 0. The third-order valence-corrected chi connectivity index (χ3v) is 2.35. The average molecular weight is 168 g/mol. The van der Waals surface area contributed by atoms with Crippen LogP contribution in [0.4, 0.5) is 0 Å². The number of hydrogen-bond donors (Lipinski definition) is 0. The van der Waals surface area contributed by atoms with Crippen LogP contribution in [0.3, 0.4) is 0 Å². The Morgan fingerprint density at radius 1 is 0.833 bits per heavy atom. The molecule has 0 unspecified atom stereocenters. The van der Waals surface area contributed by atoms with E-state index in [1.165, 1.54) is 26.2 Å². The van der Waals surface area contributed by atoms with Gasteiger partial charge < -0.3 is 9.80 Å². The molecule has 0 atom stereocenters. The van der Waals surface area contributed by atoms with Crippen LogP contribution in [0.15, 0.2) is 0 Å². The van der Waals surface area contributed by atoms with Crippen molar-refractivity contribution in [3.8, 4) is 0 Å². The lowest BCUT2D eigenvalue weighted by molar-refractivity contribution is 0.147. The van der Waals surface area contributed by atoms with Gasteiger partial charge in [0.2, 0.25) is 0 Å². The minimum Gasteiger partial charge on any atom is -0.301 e. The Morgan fingerprint density at radius 2 is 1.17 bits per heavy atom. The molecule has 0 aromatic carbocycles. The molecule has 0 N–H and O–H groups in total. The number of rotatable bonds is 4. The zero-order valence-corrected chi connectivity index (χ0v) is 8.29. The highest BCUT2D eigenvalue weighted by Gasteiger charge is 2.14. The van der Waals surface area contributed by atoms with Gasteiger partial charge in [-0.25, -0.2) is 0 Å². The normalized spacial score (nSPS) is 21.5. The first-order valence-electron chi connectivity index (χ1n) is 4.87. The molecule has 12 heavy (non-hydrogen) atoms. The topological polar surface area (TPSA) is 6.48 Å². The lowest BCUT2D eigenvalue weighted by atomic mass is 10.3. The maximum Gasteiger partial charge on any atom is 0.0110 e. The summed E-state index contributed by atoms with van der Waals surface area (Å²) in [6.45, 7) is 11.5. The predicted molar refractivity (Wildman–Crippen MR) is 52.8 cm³/mol. The van der Waals surface area contributed by atoms with E-state index in [1.807, 2.05) is 0 Å². The summed E-state index contributed by atoms with van der Waals surface area (Å²) >= 11 is 0. The maximum absolute atomic E-state index is 2.51. The van der Waals surface area contributed by atoms with Crippen LogP contribution < -0.4 is 0 Å². The van der Waals surface area contributed by atoms with Gasteiger partial charge in [-0.05, 0) is 12.8 Å². The van der Waals surface area contributed by atoms with Crippen LogP contribution in [0.1, 0.15) is 13.8 Å². The zero-order valence-electron chi connectivity index (χ0n) is 8.29. The van der Waals surface area contributed by atoms with Gasteiger partial charge in [-0.1, -0.05) is 13.8 Å². The fraction of sp³-hybridized carbons (Fsp3) is 0.800. The lowest BCUT2D eigenvalue weighted by Crippen LogP contribution is -2.46. The molecular formula is C10H20N2. The highest BCUT2D eigenvalue weighted by molar-refractivity contribution is 4.77. The minimum absolute atomic E-state index is 1.16. The van der Waals surface area contributed by atoms with Gasteiger partial charge in [-0.15, -0.1) is 0 Å². The second-order valence-corrected chi connectivity index (χ2v) is 3.42. The quantitative estimate of drug-likeness (QED) is 0.619. The molecule has 0 aromatic rings. The van der Waals surface area contributed by atoms with Gasteiger partial charge in [0, 0.05) is 39.3 Å². The molecule has 1 heterocycles. The van der Waals surface area contributed by atoms with Crippen molar-refractivity contribution in [2.45, 2.75) is 13.8 Å². The molecule has 1 rings (SSSR count). The van der Waals surface area contributed by atoms with Crippen LogP contribution in [-0.2, 0) is 0 Å². The van der Waals surface area contributed by atoms with Gasteiger partial charge in [0.25, 0.3) is 0 Å². The van der Waals surface area contributed by atoms with Crippen molar-refractivity contribution in [2.24, 2.45) is 0 Å². The Balaban J connectivity index is 2.11. The molecule has 0 aliphatic carbocycles. The maximum atomic E-state index is 2.51. The smallest absolute Gasteiger partial charge is 0.0110 e. The fourth-order valence-electron chi connectivity index (χ4n) is 1.67. The lowest BCUT2D eigenvalue weighted by Gasteiger charge is -2.34. The van der Waals surface area contributed by atoms with E-state index >= 15 is 0 Å². The van der Waals surface area contributed by atoms with E-state index < -0.39 is 0 Å². The summed E-state index contributed by atoms with van der Waals surface area (Å²) in [6.07, 6.45) is 4.48. The van der Waals surface area contributed by atoms with Crippen molar-refractivity contribution in [2.75, 3.05) is 39.3 Å². The summed E-state index contributed by atoms with van der Waals surface area (Å²) in [4.78, 5) is 5.01. The van der Waals surface area contributed by atoms with Crippen molar-refractivity contribution in [3.63, 3.8) is 0 Å². The van der Waals surface area contributed by atoms with Crippen molar-refractivity contribution >= 4 is 0 Å². The van der Waals surface area contributed by atoms with Gasteiger partial charge in [0.15, 0.2) is 0 Å². The van der Waals surface area contributed by atoms with Gasteiger partial charge in [-0.3, -0.25) is 0 Å². The molecule has 1 fully saturated rings. The molecular weight excluding hydrogens is 148 g/mol. The second kappa shape index (κ2) is 5.55. The molecule has 70 valence electrons. The Kier molecular flexibility index (Phi) is 4.62. The number of piperazine rings is 1. The first-order chi connectivity index (χ1) is 5.86. The predicted octanol–water partition coefficient (Wildman–Crippen LogP) is 1.05. The van der Waals surface area contributed by atoms with E-state index in [-0.39, 0.29) is 0 Å². The molecule has 1 saturated heterocycles. The summed E-state index contributed by atoms with van der Waals surface area (Å²) < 4.78 is 0. The zero-order chi connectivity index (χ0) is 8.81. The third kappa shape index (κ3) is 3.11. The van der Waals surface area contributed by atoms with Crippen LogP contribution in [0, 0.1) is 12.8 Å². The van der Waals surface area contributed by atoms with Crippen molar-refractivity contribution in [3.05, 3.63) is 12.8 Å². The van der Waals surface area contributed by atoms with E-state index in [4.69, 9.17) is 0 Å². The highest BCUT2D eigenvalue weighted by Crippen LogP contribution is 2.01. The third-order valence-electron chi connectivity index (χ3n) is 2.35. The molecule has 0 amide bonds. The van der Waals surface area contributed by atoms with Gasteiger partial charge in [0.05, 0.1) is 0 Å². The highest BCUT2D eigenvalue weighted by atomic mass is 15.3. The fourth-order valence-corrected chi connectivity index (χ4v) is 1.67. The molecule has 1 aliphatic rings. The van der Waals surface area contributed by atoms with Gasteiger partial charge >= 0.3 is 0 Å². The van der Waals surface area contributed by atoms with Crippen LogP contribution in [-0.4, -0.2) is 49.1 Å². The van der Waals surface area contributed by atoms with Crippen LogP contribution >= 0.6 is 0 Å². The summed E-state index contributed by atoms with van der Waals surface area (Å²) in [7, 11) is 0. The van der Waals surface area contributed by atoms with E-state index in [0.29, 0.717) is 0 Å². The first-order valence-corrected chi connectivity index (χ1v) is 4.87. The summed E-state index contributed by atoms with van der Waals surface area (Å²) in [5, 5.41) is 0. The molecule has 2 nitrogen and oxygen atoms in total. The van der Waals surface area contributed by atoms with Gasteiger partial charge in [0.1, 0.15) is 0 Å². The van der Waals surface area contributed by atoms with Crippen LogP contribution in [0.2, 0.25) is 0 Å². The van der Waals surface area contributed by atoms with Crippen molar-refractivity contribution in [1.82, 2.24) is 9.80 Å². The molecule has 0 aromatic heterocycles. The number of nitrogens with zero attached hydrogens (tertiary/aromatic N) is 2. The van der Waals surface area contributed by atoms with E-state index in [0.717, 1.165) is 13.1 Å². The molecule has 0 bridgehead atoms. The van der Waals surface area contributed by atoms with Gasteiger partial charge in [-0.2, -0.15) is 0 Å². The molecule has 2 radical (unpaired) electrons. The summed E-state index contributed by atoms with van der Waals surface area (Å²) in [5.41, 5.74) is 0. The Morgan fingerprint density at radius 3 is 1.42 bits per heavy atom. The molecule has 0 spiro atoms. The Labute approximate surface area is 76.5 Å². The Hall–Kier alpha value is -0.0800. The van der Waals surface area contributed by atoms with E-state index in [1.54, 1.807) is 0 Å². The van der Waals surface area contributed by atoms with Crippen molar-refractivity contribution < 1.29 is 0 Å². The monoisotopic (exact) mass is 168 g/mol. The van der Waals surface area contributed by atoms with Crippen LogP contribution in [0.5, 0.6) is 0 Å².